The molecule has 1 N–H and O–H groups in total. The minimum atomic E-state index is -0.133. The lowest BCUT2D eigenvalue weighted by molar-refractivity contribution is -0.121. The van der Waals surface area contributed by atoms with E-state index in [9.17, 15) is 4.79 Å². The van der Waals surface area contributed by atoms with Crippen molar-refractivity contribution in [2.45, 2.75) is 6.04 Å². The van der Waals surface area contributed by atoms with Gasteiger partial charge in [0.2, 0.25) is 5.91 Å². The Kier molecular flexibility index (Phi) is 4.39. The van der Waals surface area contributed by atoms with Crippen molar-refractivity contribution < 1.29 is 9.53 Å². The minimum Gasteiger partial charge on any atom is -0.497 e. The lowest BCUT2D eigenvalue weighted by Crippen LogP contribution is -2.56. The van der Waals surface area contributed by atoms with Gasteiger partial charge in [-0.25, -0.2) is 0 Å². The van der Waals surface area contributed by atoms with Gasteiger partial charge in [0.25, 0.3) is 0 Å². The maximum Gasteiger partial charge on any atom is 0.245 e. The zero-order chi connectivity index (χ0) is 13.8. The molecule has 0 aliphatic carbocycles. The number of carbonyl (C=O) groups excluding carboxylic acids is 1. The van der Waals surface area contributed by atoms with E-state index < -0.39 is 0 Å². The fourth-order valence-electron chi connectivity index (χ4n) is 2.23. The average molecular weight is 263 g/mol. The summed E-state index contributed by atoms with van der Waals surface area (Å²) in [4.78, 5) is 16.3. The second-order valence-electron chi connectivity index (χ2n) is 4.86. The van der Waals surface area contributed by atoms with Gasteiger partial charge in [-0.3, -0.25) is 4.79 Å². The first kappa shape index (κ1) is 13.8. The quantitative estimate of drug-likeness (QED) is 0.865. The van der Waals surface area contributed by atoms with Crippen LogP contribution in [-0.4, -0.2) is 57.7 Å². The molecule has 1 aromatic rings. The molecular formula is C14H21N3O2. The van der Waals surface area contributed by atoms with Gasteiger partial charge >= 0.3 is 0 Å². The van der Waals surface area contributed by atoms with Crippen LogP contribution in [0.15, 0.2) is 24.3 Å². The summed E-state index contributed by atoms with van der Waals surface area (Å²) in [6.07, 6.45) is 0. The van der Waals surface area contributed by atoms with E-state index in [0.717, 1.165) is 31.1 Å². The lowest BCUT2D eigenvalue weighted by atomic mass is 10.2. The van der Waals surface area contributed by atoms with Crippen LogP contribution >= 0.6 is 0 Å². The fourth-order valence-corrected chi connectivity index (χ4v) is 2.23. The number of methoxy groups -OCH3 is 1. The Morgan fingerprint density at radius 2 is 2.11 bits per heavy atom. The third kappa shape index (κ3) is 3.24. The Balaban J connectivity index is 2.05. The number of nitrogens with zero attached hydrogens (tertiary/aromatic N) is 2. The largest absolute Gasteiger partial charge is 0.497 e. The molecule has 1 fully saturated rings. The van der Waals surface area contributed by atoms with Crippen LogP contribution in [0.3, 0.4) is 0 Å². The van der Waals surface area contributed by atoms with Gasteiger partial charge in [0, 0.05) is 32.4 Å². The van der Waals surface area contributed by atoms with Crippen molar-refractivity contribution >= 4 is 11.6 Å². The number of nitrogens with one attached hydrogen (secondary N) is 1. The van der Waals surface area contributed by atoms with Gasteiger partial charge in [-0.15, -0.1) is 0 Å². The molecule has 0 radical (unpaired) electrons. The Bertz CT molecular complexity index is 433. The molecule has 1 aliphatic heterocycles. The number of ether oxygens (including phenoxy) is 1. The summed E-state index contributed by atoms with van der Waals surface area (Å²) < 4.78 is 5.12. The summed E-state index contributed by atoms with van der Waals surface area (Å²) in [6, 6.07) is 7.37. The number of hydrogen-bond donors (Lipinski definition) is 1. The SMILES string of the molecule is COc1ccc(N(C)C(=O)C2CN(C)CCN2)cc1. The zero-order valence-corrected chi connectivity index (χ0v) is 11.7. The first-order valence-electron chi connectivity index (χ1n) is 6.45. The number of carbonyl (C=O) groups is 1. The second-order valence-corrected chi connectivity index (χ2v) is 4.86. The van der Waals surface area contributed by atoms with Crippen molar-refractivity contribution in [3.63, 3.8) is 0 Å². The predicted molar refractivity (Wildman–Crippen MR) is 75.7 cm³/mol. The van der Waals surface area contributed by atoms with Crippen LogP contribution in [0, 0.1) is 0 Å². The van der Waals surface area contributed by atoms with Crippen molar-refractivity contribution in [2.75, 3.05) is 45.7 Å². The molecule has 0 saturated carbocycles. The highest BCUT2D eigenvalue weighted by Gasteiger charge is 2.26. The number of hydrogen-bond acceptors (Lipinski definition) is 4. The van der Waals surface area contributed by atoms with E-state index in [1.807, 2.05) is 31.3 Å². The summed E-state index contributed by atoms with van der Waals surface area (Å²) in [5.74, 6) is 0.886. The average Bonchev–Trinajstić information content (AvgIpc) is 2.46. The van der Waals surface area contributed by atoms with E-state index in [-0.39, 0.29) is 11.9 Å². The Morgan fingerprint density at radius 3 is 2.68 bits per heavy atom. The Labute approximate surface area is 114 Å². The standard InChI is InChI=1S/C14H21N3O2/c1-16-9-8-15-13(10-16)14(18)17(2)11-4-6-12(19-3)7-5-11/h4-7,13,15H,8-10H2,1-3H3. The first-order chi connectivity index (χ1) is 9.11. The molecule has 1 saturated heterocycles. The van der Waals surface area contributed by atoms with E-state index in [2.05, 4.69) is 10.2 Å². The van der Waals surface area contributed by atoms with Gasteiger partial charge < -0.3 is 19.9 Å². The van der Waals surface area contributed by atoms with Crippen molar-refractivity contribution in [1.29, 1.82) is 0 Å². The van der Waals surface area contributed by atoms with E-state index in [1.54, 1.807) is 19.1 Å². The van der Waals surface area contributed by atoms with Crippen LogP contribution in [0.5, 0.6) is 5.75 Å². The summed E-state index contributed by atoms with van der Waals surface area (Å²) >= 11 is 0. The van der Waals surface area contributed by atoms with Crippen molar-refractivity contribution in [3.05, 3.63) is 24.3 Å². The molecule has 5 nitrogen and oxygen atoms in total. The van der Waals surface area contributed by atoms with Gasteiger partial charge in [0.15, 0.2) is 0 Å². The molecule has 1 atom stereocenters. The highest BCUT2D eigenvalue weighted by Crippen LogP contribution is 2.19. The van der Waals surface area contributed by atoms with Gasteiger partial charge in [-0.2, -0.15) is 0 Å². The molecule has 1 aliphatic rings. The van der Waals surface area contributed by atoms with E-state index in [1.165, 1.54) is 0 Å². The Morgan fingerprint density at radius 1 is 1.42 bits per heavy atom. The van der Waals surface area contributed by atoms with Crippen LogP contribution in [0.4, 0.5) is 5.69 Å². The number of likely N-dealkylation sites (N-methyl/N-ethyl adjacent to an activating group) is 2. The van der Waals surface area contributed by atoms with Gasteiger partial charge in [-0.1, -0.05) is 0 Å². The molecule has 0 bridgehead atoms. The number of benzene rings is 1. The van der Waals surface area contributed by atoms with Crippen molar-refractivity contribution in [3.8, 4) is 5.75 Å². The van der Waals surface area contributed by atoms with Gasteiger partial charge in [0.1, 0.15) is 11.8 Å². The van der Waals surface area contributed by atoms with Crippen LogP contribution in [0.2, 0.25) is 0 Å². The van der Waals surface area contributed by atoms with Crippen LogP contribution in [0.1, 0.15) is 0 Å². The van der Waals surface area contributed by atoms with E-state index in [0.29, 0.717) is 0 Å². The highest BCUT2D eigenvalue weighted by atomic mass is 16.5. The summed E-state index contributed by atoms with van der Waals surface area (Å²) in [7, 11) is 5.47. The number of rotatable bonds is 3. The van der Waals surface area contributed by atoms with E-state index >= 15 is 0 Å². The topological polar surface area (TPSA) is 44.8 Å². The first-order valence-corrected chi connectivity index (χ1v) is 6.45. The molecule has 5 heteroatoms. The second kappa shape index (κ2) is 6.04. The summed E-state index contributed by atoms with van der Waals surface area (Å²) in [5, 5.41) is 3.26. The van der Waals surface area contributed by atoms with Crippen LogP contribution < -0.4 is 15.0 Å². The molecule has 2 rings (SSSR count). The molecule has 1 heterocycles. The predicted octanol–water partition coefficient (Wildman–Crippen LogP) is 0.562. The van der Waals surface area contributed by atoms with Gasteiger partial charge in [-0.05, 0) is 31.3 Å². The van der Waals surface area contributed by atoms with E-state index in [4.69, 9.17) is 4.74 Å². The number of piperazine rings is 1. The molecule has 0 aromatic heterocycles. The zero-order valence-electron chi connectivity index (χ0n) is 11.7. The molecule has 104 valence electrons. The van der Waals surface area contributed by atoms with Crippen LogP contribution in [-0.2, 0) is 4.79 Å². The smallest absolute Gasteiger partial charge is 0.245 e. The lowest BCUT2D eigenvalue weighted by Gasteiger charge is -2.32. The monoisotopic (exact) mass is 263 g/mol. The van der Waals surface area contributed by atoms with Crippen molar-refractivity contribution in [2.24, 2.45) is 0 Å². The molecule has 0 spiro atoms. The summed E-state index contributed by atoms with van der Waals surface area (Å²) in [6.45, 7) is 2.58. The molecule has 1 aromatic carbocycles. The molecule has 1 amide bonds. The number of anilines is 1. The van der Waals surface area contributed by atoms with Gasteiger partial charge in [0.05, 0.1) is 7.11 Å². The Hall–Kier alpha value is -1.59. The fraction of sp³-hybridized carbons (Fsp3) is 0.500. The highest BCUT2D eigenvalue weighted by molar-refractivity contribution is 5.97. The maximum absolute atomic E-state index is 12.4. The third-order valence-electron chi connectivity index (χ3n) is 3.47. The number of amides is 1. The van der Waals surface area contributed by atoms with Crippen LogP contribution in [0.25, 0.3) is 0 Å². The normalized spacial score (nSPS) is 20.1. The molecule has 19 heavy (non-hydrogen) atoms. The summed E-state index contributed by atoms with van der Waals surface area (Å²) in [5.41, 5.74) is 0.876. The third-order valence-corrected chi connectivity index (χ3v) is 3.47. The van der Waals surface area contributed by atoms with Crippen molar-refractivity contribution in [1.82, 2.24) is 10.2 Å². The minimum absolute atomic E-state index is 0.0942. The molecule has 1 unspecified atom stereocenters. The maximum atomic E-state index is 12.4. The molecular weight excluding hydrogens is 242 g/mol.